The van der Waals surface area contributed by atoms with Crippen LogP contribution in [0.25, 0.3) is 0 Å². The maximum absolute atomic E-state index is 11.1. The average Bonchev–Trinajstić information content (AvgIpc) is 2.10. The second-order valence-electron chi connectivity index (χ2n) is 6.52. The summed E-state index contributed by atoms with van der Waals surface area (Å²) in [4.78, 5) is 11.1. The van der Waals surface area contributed by atoms with Crippen LogP contribution in [0.3, 0.4) is 0 Å². The van der Waals surface area contributed by atoms with Crippen molar-refractivity contribution in [2.24, 2.45) is 11.8 Å². The van der Waals surface area contributed by atoms with Crippen molar-refractivity contribution >= 4 is 5.78 Å². The van der Waals surface area contributed by atoms with Gasteiger partial charge in [0.05, 0.1) is 12.1 Å². The van der Waals surface area contributed by atoms with E-state index in [4.69, 9.17) is 0 Å². The molecule has 0 saturated heterocycles. The lowest BCUT2D eigenvalue weighted by Gasteiger charge is -2.60. The number of hydrogen-bond donors (Lipinski definition) is 2. The molecule has 2 N–H and O–H groups in total. The standard InChI is InChI=1S/C13H21NO2/c1-9(15)7-14-12-3-10-2-11(4-12)6-13(16,5-10)8-12/h10-11,14,16H,2-8H2,1H3. The van der Waals surface area contributed by atoms with E-state index in [1.807, 2.05) is 0 Å². The Bertz CT molecular complexity index is 312. The third kappa shape index (κ3) is 1.70. The molecule has 0 radical (unpaired) electrons. The van der Waals surface area contributed by atoms with Crippen molar-refractivity contribution in [3.63, 3.8) is 0 Å². The molecule has 16 heavy (non-hydrogen) atoms. The Balaban J connectivity index is 1.78. The van der Waals surface area contributed by atoms with Crippen LogP contribution < -0.4 is 5.32 Å². The summed E-state index contributed by atoms with van der Waals surface area (Å²) in [5.41, 5.74) is -0.349. The van der Waals surface area contributed by atoms with Crippen LogP contribution in [-0.4, -0.2) is 28.6 Å². The van der Waals surface area contributed by atoms with Gasteiger partial charge in [0.2, 0.25) is 0 Å². The zero-order chi connectivity index (χ0) is 11.4. The Hall–Kier alpha value is -0.410. The minimum Gasteiger partial charge on any atom is -0.390 e. The minimum atomic E-state index is -0.423. The molecule has 4 bridgehead atoms. The molecule has 0 aromatic heterocycles. The Morgan fingerprint density at radius 3 is 2.44 bits per heavy atom. The summed E-state index contributed by atoms with van der Waals surface area (Å²) < 4.78 is 0. The first-order valence-electron chi connectivity index (χ1n) is 6.46. The molecular formula is C13H21NO2. The third-order valence-corrected chi connectivity index (χ3v) is 4.74. The molecule has 3 heteroatoms. The van der Waals surface area contributed by atoms with Gasteiger partial charge in [0, 0.05) is 5.54 Å². The SMILES string of the molecule is CC(=O)CNC12CC3CC(CC(O)(C3)C1)C2. The van der Waals surface area contributed by atoms with Crippen molar-refractivity contribution in [1.29, 1.82) is 0 Å². The molecule has 0 aromatic carbocycles. The minimum absolute atomic E-state index is 0.0739. The maximum atomic E-state index is 11.1. The van der Waals surface area contributed by atoms with Crippen molar-refractivity contribution in [1.82, 2.24) is 5.32 Å². The van der Waals surface area contributed by atoms with Gasteiger partial charge in [0.25, 0.3) is 0 Å². The molecule has 0 aromatic rings. The van der Waals surface area contributed by atoms with Gasteiger partial charge < -0.3 is 10.4 Å². The zero-order valence-electron chi connectivity index (χ0n) is 9.96. The zero-order valence-corrected chi connectivity index (χ0v) is 9.96. The molecule has 3 nitrogen and oxygen atoms in total. The highest BCUT2D eigenvalue weighted by molar-refractivity contribution is 5.77. The van der Waals surface area contributed by atoms with Gasteiger partial charge in [-0.15, -0.1) is 0 Å². The van der Waals surface area contributed by atoms with Crippen LogP contribution in [0.1, 0.15) is 45.4 Å². The largest absolute Gasteiger partial charge is 0.390 e. The van der Waals surface area contributed by atoms with Gasteiger partial charge in [-0.1, -0.05) is 0 Å². The first kappa shape index (κ1) is 10.7. The molecule has 0 aliphatic heterocycles. The number of hydrogen-bond acceptors (Lipinski definition) is 3. The van der Waals surface area contributed by atoms with Gasteiger partial charge >= 0.3 is 0 Å². The highest BCUT2D eigenvalue weighted by Gasteiger charge is 2.56. The van der Waals surface area contributed by atoms with Crippen molar-refractivity contribution in [3.05, 3.63) is 0 Å². The molecule has 4 aliphatic carbocycles. The van der Waals surface area contributed by atoms with E-state index in [0.29, 0.717) is 18.4 Å². The molecule has 4 fully saturated rings. The predicted molar refractivity (Wildman–Crippen MR) is 61.0 cm³/mol. The van der Waals surface area contributed by atoms with E-state index in [0.717, 1.165) is 19.3 Å². The second-order valence-corrected chi connectivity index (χ2v) is 6.52. The number of nitrogens with one attached hydrogen (secondary N) is 1. The van der Waals surface area contributed by atoms with Gasteiger partial charge in [-0.25, -0.2) is 0 Å². The fourth-order valence-corrected chi connectivity index (χ4v) is 4.73. The molecule has 2 unspecified atom stereocenters. The number of rotatable bonds is 3. The number of aliphatic hydroxyl groups is 1. The summed E-state index contributed by atoms with van der Waals surface area (Å²) in [7, 11) is 0. The third-order valence-electron chi connectivity index (χ3n) is 4.74. The number of carbonyl (C=O) groups excluding carboxylic acids is 1. The molecule has 90 valence electrons. The lowest BCUT2D eigenvalue weighted by Crippen LogP contribution is -2.64. The first-order valence-corrected chi connectivity index (χ1v) is 6.46. The van der Waals surface area contributed by atoms with Crippen LogP contribution in [0.2, 0.25) is 0 Å². The molecule has 0 spiro atoms. The van der Waals surface area contributed by atoms with Crippen LogP contribution in [0, 0.1) is 11.8 Å². The van der Waals surface area contributed by atoms with Crippen molar-refractivity contribution in [2.45, 2.75) is 56.6 Å². The van der Waals surface area contributed by atoms with Gasteiger partial charge in [-0.05, 0) is 57.3 Å². The molecule has 0 amide bonds. The van der Waals surface area contributed by atoms with E-state index in [1.54, 1.807) is 6.92 Å². The Labute approximate surface area is 96.6 Å². The van der Waals surface area contributed by atoms with Gasteiger partial charge in [0.1, 0.15) is 5.78 Å². The lowest BCUT2D eigenvalue weighted by molar-refractivity contribution is -0.144. The van der Waals surface area contributed by atoms with E-state index in [9.17, 15) is 9.90 Å². The van der Waals surface area contributed by atoms with E-state index >= 15 is 0 Å². The fourth-order valence-electron chi connectivity index (χ4n) is 4.73. The van der Waals surface area contributed by atoms with Crippen LogP contribution in [-0.2, 0) is 4.79 Å². The second kappa shape index (κ2) is 3.30. The van der Waals surface area contributed by atoms with E-state index in [1.165, 1.54) is 19.3 Å². The summed E-state index contributed by atoms with van der Waals surface area (Å²) in [5.74, 6) is 1.57. The summed E-state index contributed by atoms with van der Waals surface area (Å²) in [5, 5.41) is 14.0. The Morgan fingerprint density at radius 2 is 1.94 bits per heavy atom. The normalized spacial score (nSPS) is 49.6. The first-order chi connectivity index (χ1) is 7.49. The highest BCUT2D eigenvalue weighted by atomic mass is 16.3. The monoisotopic (exact) mass is 223 g/mol. The fraction of sp³-hybridized carbons (Fsp3) is 0.923. The maximum Gasteiger partial charge on any atom is 0.143 e. The molecule has 0 heterocycles. The molecule has 4 rings (SSSR count). The van der Waals surface area contributed by atoms with Gasteiger partial charge in [-0.3, -0.25) is 4.79 Å². The van der Waals surface area contributed by atoms with Gasteiger partial charge in [-0.2, -0.15) is 0 Å². The number of carbonyl (C=O) groups is 1. The van der Waals surface area contributed by atoms with E-state index < -0.39 is 5.60 Å². The topological polar surface area (TPSA) is 49.3 Å². The highest BCUT2D eigenvalue weighted by Crippen LogP contribution is 2.57. The van der Waals surface area contributed by atoms with Crippen LogP contribution in [0.15, 0.2) is 0 Å². The van der Waals surface area contributed by atoms with Crippen molar-refractivity contribution < 1.29 is 9.90 Å². The lowest BCUT2D eigenvalue weighted by atomic mass is 9.51. The number of Topliss-reactive ketones (excluding diaryl/α,β-unsaturated/α-hetero) is 1. The Morgan fingerprint density at radius 1 is 1.31 bits per heavy atom. The quantitative estimate of drug-likeness (QED) is 0.757. The summed E-state index contributed by atoms with van der Waals surface area (Å²) in [6, 6.07) is 0. The molecule has 4 saturated carbocycles. The smallest absolute Gasteiger partial charge is 0.143 e. The summed E-state index contributed by atoms with van der Waals surface area (Å²) in [6.45, 7) is 2.09. The summed E-state index contributed by atoms with van der Waals surface area (Å²) in [6.07, 6.45) is 6.48. The predicted octanol–water partition coefficient (Wildman–Crippen LogP) is 1.25. The molecule has 4 aliphatic rings. The summed E-state index contributed by atoms with van der Waals surface area (Å²) >= 11 is 0. The van der Waals surface area contributed by atoms with Gasteiger partial charge in [0.15, 0.2) is 0 Å². The van der Waals surface area contributed by atoms with Crippen LogP contribution in [0.4, 0.5) is 0 Å². The number of ketones is 1. The van der Waals surface area contributed by atoms with Crippen LogP contribution >= 0.6 is 0 Å². The van der Waals surface area contributed by atoms with Crippen molar-refractivity contribution in [3.8, 4) is 0 Å². The van der Waals surface area contributed by atoms with E-state index in [2.05, 4.69) is 5.32 Å². The van der Waals surface area contributed by atoms with Crippen LogP contribution in [0.5, 0.6) is 0 Å². The van der Waals surface area contributed by atoms with E-state index in [-0.39, 0.29) is 11.3 Å². The molecule has 2 atom stereocenters. The Kier molecular flexibility index (Phi) is 2.21. The average molecular weight is 223 g/mol. The molecular weight excluding hydrogens is 202 g/mol. The van der Waals surface area contributed by atoms with Crippen molar-refractivity contribution in [2.75, 3.05) is 6.54 Å².